The minimum atomic E-state index is -0.557. The Balaban J connectivity index is 1.42. The number of carbonyl (C=O) groups excluding carboxylic acids is 4. The fraction of sp³-hybridized carbons (Fsp3) is 0.304. The molecule has 7 nitrogen and oxygen atoms in total. The molecule has 0 radical (unpaired) electrons. The summed E-state index contributed by atoms with van der Waals surface area (Å²) in [5, 5.41) is 2.76. The third kappa shape index (κ3) is 4.74. The van der Waals surface area contributed by atoms with Crippen LogP contribution in [0.25, 0.3) is 0 Å². The van der Waals surface area contributed by atoms with Crippen molar-refractivity contribution >= 4 is 29.4 Å². The van der Waals surface area contributed by atoms with Crippen molar-refractivity contribution < 1.29 is 23.9 Å². The number of amides is 3. The first-order chi connectivity index (χ1) is 14.4. The van der Waals surface area contributed by atoms with Gasteiger partial charge in [0.05, 0.1) is 11.1 Å². The van der Waals surface area contributed by atoms with Gasteiger partial charge < -0.3 is 10.1 Å². The zero-order chi connectivity index (χ0) is 21.7. The average Bonchev–Trinajstić information content (AvgIpc) is 2.97. The topological polar surface area (TPSA) is 92.8 Å². The van der Waals surface area contributed by atoms with Gasteiger partial charge in [-0.2, -0.15) is 0 Å². The summed E-state index contributed by atoms with van der Waals surface area (Å²) in [5.41, 5.74) is 2.45. The second-order valence-corrected chi connectivity index (χ2v) is 7.36. The molecule has 0 spiro atoms. The van der Waals surface area contributed by atoms with Gasteiger partial charge in [0.25, 0.3) is 17.7 Å². The van der Waals surface area contributed by atoms with E-state index in [1.807, 2.05) is 32.0 Å². The average molecular weight is 408 g/mol. The second-order valence-electron chi connectivity index (χ2n) is 7.36. The van der Waals surface area contributed by atoms with E-state index >= 15 is 0 Å². The first-order valence-corrected chi connectivity index (χ1v) is 9.88. The summed E-state index contributed by atoms with van der Waals surface area (Å²) in [4.78, 5) is 49.7. The fourth-order valence-corrected chi connectivity index (χ4v) is 3.34. The predicted octanol–water partition coefficient (Wildman–Crippen LogP) is 3.37. The Bertz CT molecular complexity index is 948. The van der Waals surface area contributed by atoms with Crippen molar-refractivity contribution in [3.05, 3.63) is 65.2 Å². The van der Waals surface area contributed by atoms with E-state index in [4.69, 9.17) is 4.74 Å². The van der Waals surface area contributed by atoms with Crippen LogP contribution in [-0.4, -0.2) is 41.7 Å². The Morgan fingerprint density at radius 1 is 0.967 bits per heavy atom. The van der Waals surface area contributed by atoms with Crippen LogP contribution in [0.15, 0.2) is 48.5 Å². The molecule has 0 unspecified atom stereocenters. The molecule has 156 valence electrons. The normalized spacial score (nSPS) is 12.8. The summed E-state index contributed by atoms with van der Waals surface area (Å²) >= 11 is 0. The molecule has 0 saturated heterocycles. The largest absolute Gasteiger partial charge is 0.456 e. The Morgan fingerprint density at radius 3 is 2.20 bits per heavy atom. The molecule has 1 heterocycles. The number of esters is 1. The molecule has 2 aromatic rings. The van der Waals surface area contributed by atoms with Gasteiger partial charge in [0.1, 0.15) is 0 Å². The monoisotopic (exact) mass is 408 g/mol. The molecule has 7 heteroatoms. The van der Waals surface area contributed by atoms with Gasteiger partial charge in [-0.25, -0.2) is 0 Å². The van der Waals surface area contributed by atoms with Gasteiger partial charge >= 0.3 is 5.97 Å². The zero-order valence-electron chi connectivity index (χ0n) is 17.0. The lowest BCUT2D eigenvalue weighted by molar-refractivity contribution is -0.147. The van der Waals surface area contributed by atoms with Gasteiger partial charge in [-0.3, -0.25) is 24.1 Å². The number of nitrogens with zero attached hydrogens (tertiary/aromatic N) is 1. The highest BCUT2D eigenvalue weighted by Gasteiger charge is 2.34. The van der Waals surface area contributed by atoms with Crippen LogP contribution < -0.4 is 5.32 Å². The Labute approximate surface area is 175 Å². The Kier molecular flexibility index (Phi) is 6.61. The van der Waals surface area contributed by atoms with Gasteiger partial charge in [0, 0.05) is 18.7 Å². The standard InChI is InChI=1S/C23H24N2O5/c1-15(2)16-8-5-6-11-19(16)24-20(26)14-30-21(27)12-7-13-25-22(28)17-9-3-4-10-18(17)23(25)29/h3-6,8-11,15H,7,12-14H2,1-2H3,(H,24,26). The van der Waals surface area contributed by atoms with E-state index < -0.39 is 18.5 Å². The minimum absolute atomic E-state index is 0.00324. The van der Waals surface area contributed by atoms with Crippen LogP contribution in [0.2, 0.25) is 0 Å². The van der Waals surface area contributed by atoms with Gasteiger partial charge in [0.15, 0.2) is 6.61 Å². The Morgan fingerprint density at radius 2 is 1.57 bits per heavy atom. The molecule has 0 bridgehead atoms. The number of hydrogen-bond acceptors (Lipinski definition) is 5. The summed E-state index contributed by atoms with van der Waals surface area (Å²) in [7, 11) is 0. The molecule has 1 aliphatic rings. The maximum Gasteiger partial charge on any atom is 0.306 e. The number of fused-ring (bicyclic) bond motifs is 1. The van der Waals surface area contributed by atoms with E-state index in [2.05, 4.69) is 5.32 Å². The third-order valence-corrected chi connectivity index (χ3v) is 4.86. The van der Waals surface area contributed by atoms with Crippen molar-refractivity contribution in [3.8, 4) is 0 Å². The van der Waals surface area contributed by atoms with Crippen LogP contribution >= 0.6 is 0 Å². The predicted molar refractivity (Wildman–Crippen MR) is 111 cm³/mol. The molecular weight excluding hydrogens is 384 g/mol. The zero-order valence-corrected chi connectivity index (χ0v) is 17.0. The number of carbonyl (C=O) groups is 4. The molecule has 0 saturated carbocycles. The lowest BCUT2D eigenvalue weighted by Crippen LogP contribution is -2.31. The number of nitrogens with one attached hydrogen (secondary N) is 1. The number of para-hydroxylation sites is 1. The van der Waals surface area contributed by atoms with Gasteiger partial charge in [0.2, 0.25) is 0 Å². The first kappa shape index (κ1) is 21.2. The highest BCUT2D eigenvalue weighted by molar-refractivity contribution is 6.21. The molecule has 30 heavy (non-hydrogen) atoms. The van der Waals surface area contributed by atoms with E-state index in [0.29, 0.717) is 16.8 Å². The van der Waals surface area contributed by atoms with E-state index in [9.17, 15) is 19.2 Å². The van der Waals surface area contributed by atoms with Crippen LogP contribution in [-0.2, 0) is 14.3 Å². The minimum Gasteiger partial charge on any atom is -0.456 e. The first-order valence-electron chi connectivity index (χ1n) is 9.88. The molecule has 0 fully saturated rings. The number of hydrogen-bond donors (Lipinski definition) is 1. The number of ether oxygens (including phenoxy) is 1. The Hall–Kier alpha value is -3.48. The smallest absolute Gasteiger partial charge is 0.306 e. The van der Waals surface area contributed by atoms with Crippen LogP contribution in [0.4, 0.5) is 5.69 Å². The summed E-state index contributed by atoms with van der Waals surface area (Å²) in [6.45, 7) is 3.78. The summed E-state index contributed by atoms with van der Waals surface area (Å²) in [6, 6.07) is 14.1. The summed E-state index contributed by atoms with van der Waals surface area (Å²) < 4.78 is 5.02. The summed E-state index contributed by atoms with van der Waals surface area (Å²) in [5.74, 6) is -1.44. The molecule has 0 aliphatic carbocycles. The summed E-state index contributed by atoms with van der Waals surface area (Å²) in [6.07, 6.45) is 0.269. The van der Waals surface area contributed by atoms with E-state index in [0.717, 1.165) is 10.5 Å². The number of anilines is 1. The lowest BCUT2D eigenvalue weighted by Gasteiger charge is -2.14. The van der Waals surface area contributed by atoms with Gasteiger partial charge in [-0.05, 0) is 36.1 Å². The van der Waals surface area contributed by atoms with Gasteiger partial charge in [-0.1, -0.05) is 44.2 Å². The lowest BCUT2D eigenvalue weighted by atomic mass is 10.0. The van der Waals surface area contributed by atoms with Crippen molar-refractivity contribution in [2.45, 2.75) is 32.6 Å². The molecule has 1 N–H and O–H groups in total. The third-order valence-electron chi connectivity index (χ3n) is 4.86. The number of imide groups is 1. The molecule has 2 aromatic carbocycles. The SMILES string of the molecule is CC(C)c1ccccc1NC(=O)COC(=O)CCCN1C(=O)c2ccccc2C1=O. The van der Waals surface area contributed by atoms with Gasteiger partial charge in [-0.15, -0.1) is 0 Å². The molecule has 1 aliphatic heterocycles. The van der Waals surface area contributed by atoms with E-state index in [1.54, 1.807) is 30.3 Å². The second kappa shape index (κ2) is 9.35. The van der Waals surface area contributed by atoms with Crippen molar-refractivity contribution in [3.63, 3.8) is 0 Å². The van der Waals surface area contributed by atoms with Crippen molar-refractivity contribution in [2.75, 3.05) is 18.5 Å². The molecule has 3 rings (SSSR count). The highest BCUT2D eigenvalue weighted by Crippen LogP contribution is 2.24. The van der Waals surface area contributed by atoms with Crippen LogP contribution in [0.1, 0.15) is 58.9 Å². The van der Waals surface area contributed by atoms with Crippen molar-refractivity contribution in [2.24, 2.45) is 0 Å². The molecule has 0 atom stereocenters. The van der Waals surface area contributed by atoms with E-state index in [-0.39, 0.29) is 37.1 Å². The van der Waals surface area contributed by atoms with Crippen molar-refractivity contribution in [1.29, 1.82) is 0 Å². The fourth-order valence-electron chi connectivity index (χ4n) is 3.34. The highest BCUT2D eigenvalue weighted by atomic mass is 16.5. The van der Waals surface area contributed by atoms with E-state index in [1.165, 1.54) is 0 Å². The number of benzene rings is 2. The van der Waals surface area contributed by atoms with Crippen molar-refractivity contribution in [1.82, 2.24) is 4.90 Å². The van der Waals surface area contributed by atoms with Crippen LogP contribution in [0.3, 0.4) is 0 Å². The quantitative estimate of drug-likeness (QED) is 0.534. The molecule has 3 amide bonds. The molecule has 0 aromatic heterocycles. The molecular formula is C23H24N2O5. The van der Waals surface area contributed by atoms with Crippen LogP contribution in [0.5, 0.6) is 0 Å². The van der Waals surface area contributed by atoms with Crippen LogP contribution in [0, 0.1) is 0 Å². The maximum atomic E-state index is 12.3. The maximum absolute atomic E-state index is 12.3. The number of rotatable bonds is 8.